The average Bonchev–Trinajstić information content (AvgIpc) is 2.78. The quantitative estimate of drug-likeness (QED) is 0.796. The number of anilines is 1. The number of rotatable bonds is 4. The van der Waals surface area contributed by atoms with E-state index in [1.807, 2.05) is 12.1 Å². The normalized spacial score (nSPS) is 22.4. The third-order valence-electron chi connectivity index (χ3n) is 3.01. The number of nitrogens with one attached hydrogen (secondary N) is 1. The summed E-state index contributed by atoms with van der Waals surface area (Å²) in [7, 11) is 0. The van der Waals surface area contributed by atoms with Gasteiger partial charge in [0.1, 0.15) is 12.1 Å². The fraction of sp³-hybridized carbons (Fsp3) is 0.462. The Balaban J connectivity index is 2.01. The van der Waals surface area contributed by atoms with E-state index >= 15 is 0 Å². The molecule has 1 aromatic rings. The van der Waals surface area contributed by atoms with Gasteiger partial charge in [-0.2, -0.15) is 0 Å². The van der Waals surface area contributed by atoms with Crippen LogP contribution < -0.4 is 5.32 Å². The van der Waals surface area contributed by atoms with Crippen molar-refractivity contribution in [1.82, 2.24) is 9.97 Å². The highest BCUT2D eigenvalue weighted by Crippen LogP contribution is 2.22. The van der Waals surface area contributed by atoms with Crippen molar-refractivity contribution in [2.45, 2.75) is 32.2 Å². The lowest BCUT2D eigenvalue weighted by Crippen LogP contribution is -2.19. The Labute approximate surface area is 106 Å². The minimum Gasteiger partial charge on any atom is -0.481 e. The molecule has 0 saturated heterocycles. The first-order valence-corrected chi connectivity index (χ1v) is 6.06. The van der Waals surface area contributed by atoms with E-state index in [1.54, 1.807) is 6.08 Å². The van der Waals surface area contributed by atoms with Crippen LogP contribution in [0.15, 0.2) is 24.5 Å². The van der Waals surface area contributed by atoms with Gasteiger partial charge in [-0.3, -0.25) is 4.79 Å². The molecule has 0 spiro atoms. The standard InChI is InChI=1S/C13H17N3O2/c1-8(2)11-6-12(15-7-14-11)16-10-4-3-9(5-10)13(17)18/h3-4,6-10H,5H2,1-2H3,(H,17,18)(H,14,15,16). The molecule has 0 radical (unpaired) electrons. The number of carbonyl (C=O) groups is 1. The van der Waals surface area contributed by atoms with Gasteiger partial charge in [-0.15, -0.1) is 0 Å². The lowest BCUT2D eigenvalue weighted by molar-refractivity contribution is -0.140. The monoisotopic (exact) mass is 247 g/mol. The molecule has 1 aromatic heterocycles. The van der Waals surface area contributed by atoms with Crippen LogP contribution in [0.4, 0.5) is 5.82 Å². The van der Waals surface area contributed by atoms with Crippen molar-refractivity contribution in [3.8, 4) is 0 Å². The Morgan fingerprint density at radius 3 is 2.83 bits per heavy atom. The van der Waals surface area contributed by atoms with Gasteiger partial charge in [0.25, 0.3) is 0 Å². The zero-order valence-corrected chi connectivity index (χ0v) is 10.5. The molecule has 2 N–H and O–H groups in total. The zero-order valence-electron chi connectivity index (χ0n) is 10.5. The molecule has 0 aliphatic heterocycles. The molecule has 5 nitrogen and oxygen atoms in total. The van der Waals surface area contributed by atoms with Crippen molar-refractivity contribution in [1.29, 1.82) is 0 Å². The van der Waals surface area contributed by atoms with Gasteiger partial charge < -0.3 is 10.4 Å². The smallest absolute Gasteiger partial charge is 0.310 e. The molecule has 1 heterocycles. The molecule has 18 heavy (non-hydrogen) atoms. The summed E-state index contributed by atoms with van der Waals surface area (Å²) in [6, 6.07) is 1.94. The first-order chi connectivity index (χ1) is 8.56. The molecule has 2 unspecified atom stereocenters. The molecule has 2 rings (SSSR count). The van der Waals surface area contributed by atoms with Crippen molar-refractivity contribution >= 4 is 11.8 Å². The molecule has 2 atom stereocenters. The summed E-state index contributed by atoms with van der Waals surface area (Å²) in [6.45, 7) is 4.14. The molecular formula is C13H17N3O2. The topological polar surface area (TPSA) is 75.1 Å². The summed E-state index contributed by atoms with van der Waals surface area (Å²) in [5, 5.41) is 12.1. The molecule has 0 saturated carbocycles. The number of aromatic nitrogens is 2. The van der Waals surface area contributed by atoms with E-state index in [0.717, 1.165) is 11.5 Å². The number of nitrogens with zero attached hydrogens (tertiary/aromatic N) is 2. The van der Waals surface area contributed by atoms with Gasteiger partial charge in [0.05, 0.1) is 5.92 Å². The van der Waals surface area contributed by atoms with E-state index in [-0.39, 0.29) is 6.04 Å². The van der Waals surface area contributed by atoms with Gasteiger partial charge in [0.2, 0.25) is 0 Å². The zero-order chi connectivity index (χ0) is 13.1. The van der Waals surface area contributed by atoms with Gasteiger partial charge in [0, 0.05) is 17.8 Å². The van der Waals surface area contributed by atoms with E-state index in [0.29, 0.717) is 12.3 Å². The third kappa shape index (κ3) is 2.85. The highest BCUT2D eigenvalue weighted by molar-refractivity contribution is 5.73. The van der Waals surface area contributed by atoms with Crippen LogP contribution in [-0.4, -0.2) is 27.1 Å². The maximum absolute atomic E-state index is 10.8. The van der Waals surface area contributed by atoms with Gasteiger partial charge >= 0.3 is 5.97 Å². The first-order valence-electron chi connectivity index (χ1n) is 6.06. The second-order valence-electron chi connectivity index (χ2n) is 4.80. The van der Waals surface area contributed by atoms with Gasteiger partial charge in [0.15, 0.2) is 0 Å². The molecule has 96 valence electrons. The Bertz CT molecular complexity index is 471. The fourth-order valence-corrected chi connectivity index (χ4v) is 1.95. The molecule has 0 aromatic carbocycles. The first kappa shape index (κ1) is 12.5. The largest absolute Gasteiger partial charge is 0.481 e. The maximum Gasteiger partial charge on any atom is 0.310 e. The van der Waals surface area contributed by atoms with E-state index in [9.17, 15) is 4.79 Å². The summed E-state index contributed by atoms with van der Waals surface area (Å²) < 4.78 is 0. The van der Waals surface area contributed by atoms with Gasteiger partial charge in [-0.25, -0.2) is 9.97 Å². The van der Waals surface area contributed by atoms with Crippen LogP contribution in [0.1, 0.15) is 31.9 Å². The van der Waals surface area contributed by atoms with Crippen LogP contribution in [0, 0.1) is 5.92 Å². The number of hydrogen-bond acceptors (Lipinski definition) is 4. The van der Waals surface area contributed by atoms with E-state index in [4.69, 9.17) is 5.11 Å². The lowest BCUT2D eigenvalue weighted by atomic mass is 10.1. The van der Waals surface area contributed by atoms with Gasteiger partial charge in [-0.05, 0) is 12.3 Å². The van der Waals surface area contributed by atoms with Crippen LogP contribution >= 0.6 is 0 Å². The van der Waals surface area contributed by atoms with Crippen molar-refractivity contribution in [2.24, 2.45) is 5.92 Å². The Kier molecular flexibility index (Phi) is 3.60. The van der Waals surface area contributed by atoms with Crippen LogP contribution in [0.5, 0.6) is 0 Å². The number of carboxylic acids is 1. The molecule has 0 fully saturated rings. The number of hydrogen-bond donors (Lipinski definition) is 2. The highest BCUT2D eigenvalue weighted by atomic mass is 16.4. The molecular weight excluding hydrogens is 230 g/mol. The third-order valence-corrected chi connectivity index (χ3v) is 3.01. The van der Waals surface area contributed by atoms with E-state index in [1.165, 1.54) is 6.33 Å². The molecule has 1 aliphatic carbocycles. The Morgan fingerprint density at radius 1 is 1.44 bits per heavy atom. The highest BCUT2D eigenvalue weighted by Gasteiger charge is 2.24. The summed E-state index contributed by atoms with van der Waals surface area (Å²) in [6.07, 6.45) is 5.71. The average molecular weight is 247 g/mol. The summed E-state index contributed by atoms with van der Waals surface area (Å²) in [4.78, 5) is 19.2. The predicted octanol–water partition coefficient (Wildman–Crippen LogP) is 2.04. The van der Waals surface area contributed by atoms with Crippen molar-refractivity contribution in [2.75, 3.05) is 5.32 Å². The minimum atomic E-state index is -0.777. The summed E-state index contributed by atoms with van der Waals surface area (Å²) >= 11 is 0. The second kappa shape index (κ2) is 5.16. The SMILES string of the molecule is CC(C)c1cc(NC2C=CC(C(=O)O)C2)ncn1. The van der Waals surface area contributed by atoms with Crippen LogP contribution in [0.25, 0.3) is 0 Å². The van der Waals surface area contributed by atoms with Crippen molar-refractivity contribution in [3.63, 3.8) is 0 Å². The summed E-state index contributed by atoms with van der Waals surface area (Å²) in [5.74, 6) is -0.0798. The number of aliphatic carboxylic acids is 1. The molecule has 0 amide bonds. The van der Waals surface area contributed by atoms with Crippen LogP contribution in [0.2, 0.25) is 0 Å². The fourth-order valence-electron chi connectivity index (χ4n) is 1.95. The van der Waals surface area contributed by atoms with Crippen molar-refractivity contribution < 1.29 is 9.90 Å². The van der Waals surface area contributed by atoms with E-state index < -0.39 is 11.9 Å². The molecule has 5 heteroatoms. The van der Waals surface area contributed by atoms with Crippen LogP contribution in [0.3, 0.4) is 0 Å². The van der Waals surface area contributed by atoms with Crippen LogP contribution in [-0.2, 0) is 4.79 Å². The van der Waals surface area contributed by atoms with Crippen molar-refractivity contribution in [3.05, 3.63) is 30.2 Å². The number of carboxylic acid groups (broad SMARTS) is 1. The van der Waals surface area contributed by atoms with Gasteiger partial charge in [-0.1, -0.05) is 26.0 Å². The predicted molar refractivity (Wildman–Crippen MR) is 68.4 cm³/mol. The Morgan fingerprint density at radius 2 is 2.22 bits per heavy atom. The Hall–Kier alpha value is -1.91. The second-order valence-corrected chi connectivity index (χ2v) is 4.80. The lowest BCUT2D eigenvalue weighted by Gasteiger charge is -2.13. The molecule has 1 aliphatic rings. The maximum atomic E-state index is 10.8. The molecule has 0 bridgehead atoms. The summed E-state index contributed by atoms with van der Waals surface area (Å²) in [5.41, 5.74) is 0.976. The van der Waals surface area contributed by atoms with E-state index in [2.05, 4.69) is 29.1 Å². The minimum absolute atomic E-state index is 0.0287.